The summed E-state index contributed by atoms with van der Waals surface area (Å²) < 4.78 is 5.24. The monoisotopic (exact) mass is 483 g/mol. The standard InChI is InChI=1S/C20H16Cl3N3O3S/c1-10-6-11(2)18(15(22)7-10)26(12(3)27)20-24-13(9-30-20)8-29-19(28)17-14(21)4-5-16(23)25-17/h4-7,9H,8H2,1-3H3. The Balaban J connectivity index is 1.81. The quantitative estimate of drug-likeness (QED) is 0.320. The maximum atomic E-state index is 12.4. The highest BCUT2D eigenvalue weighted by molar-refractivity contribution is 7.14. The van der Waals surface area contributed by atoms with Gasteiger partial charge in [-0.05, 0) is 43.2 Å². The van der Waals surface area contributed by atoms with E-state index in [4.69, 9.17) is 39.5 Å². The van der Waals surface area contributed by atoms with E-state index in [1.165, 1.54) is 35.3 Å². The molecule has 1 amide bonds. The molecule has 0 atom stereocenters. The molecule has 3 rings (SSSR count). The molecule has 3 aromatic rings. The molecular weight excluding hydrogens is 469 g/mol. The number of carbonyl (C=O) groups is 2. The van der Waals surface area contributed by atoms with Crippen LogP contribution in [-0.2, 0) is 16.1 Å². The highest BCUT2D eigenvalue weighted by Crippen LogP contribution is 2.37. The summed E-state index contributed by atoms with van der Waals surface area (Å²) in [6.45, 7) is 5.12. The van der Waals surface area contributed by atoms with Gasteiger partial charge in [0, 0.05) is 12.3 Å². The Kier molecular flexibility index (Phi) is 6.98. The molecule has 0 bridgehead atoms. The van der Waals surface area contributed by atoms with Gasteiger partial charge in [-0.3, -0.25) is 9.69 Å². The van der Waals surface area contributed by atoms with Crippen LogP contribution in [0.15, 0.2) is 29.6 Å². The lowest BCUT2D eigenvalue weighted by Gasteiger charge is -2.22. The zero-order valence-corrected chi connectivity index (χ0v) is 19.3. The number of benzene rings is 1. The van der Waals surface area contributed by atoms with E-state index in [0.717, 1.165) is 11.1 Å². The van der Waals surface area contributed by atoms with E-state index < -0.39 is 5.97 Å². The minimum Gasteiger partial charge on any atom is -0.454 e. The fourth-order valence-electron chi connectivity index (χ4n) is 2.81. The number of thiazole rings is 1. The van der Waals surface area contributed by atoms with Crippen molar-refractivity contribution in [2.45, 2.75) is 27.4 Å². The molecule has 10 heteroatoms. The first kappa shape index (κ1) is 22.5. The number of esters is 1. The zero-order valence-electron chi connectivity index (χ0n) is 16.2. The van der Waals surface area contributed by atoms with Crippen LogP contribution in [0.25, 0.3) is 0 Å². The molecule has 0 saturated heterocycles. The number of hydrogen-bond acceptors (Lipinski definition) is 6. The molecule has 0 unspecified atom stereocenters. The highest BCUT2D eigenvalue weighted by Gasteiger charge is 2.23. The minimum atomic E-state index is -0.724. The van der Waals surface area contributed by atoms with Gasteiger partial charge >= 0.3 is 5.97 Å². The van der Waals surface area contributed by atoms with Gasteiger partial charge in [0.1, 0.15) is 11.8 Å². The number of carbonyl (C=O) groups excluding carboxylic acids is 2. The van der Waals surface area contributed by atoms with Crippen LogP contribution in [0.3, 0.4) is 0 Å². The normalized spacial score (nSPS) is 10.7. The van der Waals surface area contributed by atoms with Crippen LogP contribution < -0.4 is 4.90 Å². The molecular formula is C20H16Cl3N3O3S. The molecule has 0 radical (unpaired) electrons. The average molecular weight is 485 g/mol. The Morgan fingerprint density at radius 1 is 1.10 bits per heavy atom. The number of aryl methyl sites for hydroxylation is 2. The number of aromatic nitrogens is 2. The van der Waals surface area contributed by atoms with Gasteiger partial charge in [0.25, 0.3) is 0 Å². The van der Waals surface area contributed by atoms with Crippen molar-refractivity contribution in [3.63, 3.8) is 0 Å². The van der Waals surface area contributed by atoms with E-state index in [-0.39, 0.29) is 28.4 Å². The van der Waals surface area contributed by atoms with Crippen LogP contribution in [0.1, 0.15) is 34.2 Å². The molecule has 0 aliphatic rings. The van der Waals surface area contributed by atoms with E-state index >= 15 is 0 Å². The van der Waals surface area contributed by atoms with Crippen molar-refractivity contribution < 1.29 is 14.3 Å². The molecule has 0 N–H and O–H groups in total. The van der Waals surface area contributed by atoms with E-state index in [1.807, 2.05) is 19.9 Å². The lowest BCUT2D eigenvalue weighted by Crippen LogP contribution is -2.24. The SMILES string of the molecule is CC(=O)N(c1nc(COC(=O)c2nc(Cl)ccc2Cl)cs1)c1c(C)cc(C)cc1Cl. The third kappa shape index (κ3) is 4.92. The van der Waals surface area contributed by atoms with Gasteiger partial charge in [0.2, 0.25) is 5.91 Å². The Labute approximate surface area is 192 Å². The van der Waals surface area contributed by atoms with E-state index in [9.17, 15) is 9.59 Å². The Bertz CT molecular complexity index is 1110. The van der Waals surface area contributed by atoms with E-state index in [1.54, 1.807) is 11.4 Å². The zero-order chi connectivity index (χ0) is 22.0. The fraction of sp³-hybridized carbons (Fsp3) is 0.200. The van der Waals surface area contributed by atoms with Crippen LogP contribution >= 0.6 is 46.1 Å². The van der Waals surface area contributed by atoms with Gasteiger partial charge in [-0.15, -0.1) is 11.3 Å². The van der Waals surface area contributed by atoms with Crippen LogP contribution in [0.4, 0.5) is 10.8 Å². The van der Waals surface area contributed by atoms with Crippen LogP contribution in [-0.4, -0.2) is 21.8 Å². The van der Waals surface area contributed by atoms with Crippen molar-refractivity contribution >= 4 is 68.8 Å². The van der Waals surface area contributed by atoms with Crippen LogP contribution in [0, 0.1) is 13.8 Å². The average Bonchev–Trinajstić information content (AvgIpc) is 3.12. The number of hydrogen-bond donors (Lipinski definition) is 0. The second-order valence-electron chi connectivity index (χ2n) is 6.43. The Morgan fingerprint density at radius 3 is 2.50 bits per heavy atom. The minimum absolute atomic E-state index is 0.0768. The number of halogens is 3. The molecule has 0 spiro atoms. The third-order valence-corrected chi connectivity index (χ3v) is 5.70. The van der Waals surface area contributed by atoms with Crippen molar-refractivity contribution in [2.24, 2.45) is 0 Å². The van der Waals surface area contributed by atoms with Crippen molar-refractivity contribution in [1.29, 1.82) is 0 Å². The number of nitrogens with zero attached hydrogens (tertiary/aromatic N) is 3. The van der Waals surface area contributed by atoms with Gasteiger partial charge in [-0.1, -0.05) is 40.9 Å². The topological polar surface area (TPSA) is 72.4 Å². The summed E-state index contributed by atoms with van der Waals surface area (Å²) >= 11 is 19.4. The van der Waals surface area contributed by atoms with Crippen molar-refractivity contribution in [2.75, 3.05) is 4.90 Å². The molecule has 6 nitrogen and oxygen atoms in total. The Morgan fingerprint density at radius 2 is 1.83 bits per heavy atom. The second-order valence-corrected chi connectivity index (χ2v) is 8.47. The summed E-state index contributed by atoms with van der Waals surface area (Å²) in [5.41, 5.74) is 2.80. The number of anilines is 2. The Hall–Kier alpha value is -2.19. The summed E-state index contributed by atoms with van der Waals surface area (Å²) in [5.74, 6) is -0.963. The molecule has 0 aliphatic heterocycles. The van der Waals surface area contributed by atoms with E-state index in [2.05, 4.69) is 9.97 Å². The van der Waals surface area contributed by atoms with Crippen LogP contribution in [0.5, 0.6) is 0 Å². The second kappa shape index (κ2) is 9.31. The molecule has 0 aliphatic carbocycles. The largest absolute Gasteiger partial charge is 0.454 e. The van der Waals surface area contributed by atoms with Gasteiger partial charge < -0.3 is 4.74 Å². The molecule has 30 heavy (non-hydrogen) atoms. The first-order valence-corrected chi connectivity index (χ1v) is 10.7. The lowest BCUT2D eigenvalue weighted by molar-refractivity contribution is -0.115. The van der Waals surface area contributed by atoms with Gasteiger partial charge in [0.15, 0.2) is 10.8 Å². The van der Waals surface area contributed by atoms with Crippen molar-refractivity contribution in [3.05, 3.63) is 67.4 Å². The predicted octanol–water partition coefficient (Wildman–Crippen LogP) is 6.16. The lowest BCUT2D eigenvalue weighted by atomic mass is 10.1. The smallest absolute Gasteiger partial charge is 0.358 e. The first-order chi connectivity index (χ1) is 14.2. The van der Waals surface area contributed by atoms with Gasteiger partial charge in [-0.25, -0.2) is 14.8 Å². The molecule has 2 aromatic heterocycles. The summed E-state index contributed by atoms with van der Waals surface area (Å²) in [6.07, 6.45) is 0. The summed E-state index contributed by atoms with van der Waals surface area (Å²) in [7, 11) is 0. The molecule has 0 saturated carbocycles. The highest BCUT2D eigenvalue weighted by atomic mass is 35.5. The third-order valence-electron chi connectivity index (χ3n) is 4.02. The van der Waals surface area contributed by atoms with Gasteiger partial charge in [-0.2, -0.15) is 0 Å². The van der Waals surface area contributed by atoms with Crippen molar-refractivity contribution in [3.8, 4) is 0 Å². The summed E-state index contributed by atoms with van der Waals surface area (Å²) in [4.78, 5) is 34.4. The number of pyridine rings is 1. The molecule has 0 fully saturated rings. The molecule has 156 valence electrons. The maximum Gasteiger partial charge on any atom is 0.358 e. The van der Waals surface area contributed by atoms with Gasteiger partial charge in [0.05, 0.1) is 21.4 Å². The number of ether oxygens (including phenoxy) is 1. The number of amides is 1. The van der Waals surface area contributed by atoms with Crippen LogP contribution in [0.2, 0.25) is 15.2 Å². The summed E-state index contributed by atoms with van der Waals surface area (Å²) in [5, 5.41) is 2.83. The fourth-order valence-corrected chi connectivity index (χ4v) is 4.41. The summed E-state index contributed by atoms with van der Waals surface area (Å²) in [6, 6.07) is 6.67. The van der Waals surface area contributed by atoms with Crippen molar-refractivity contribution in [1.82, 2.24) is 9.97 Å². The maximum absolute atomic E-state index is 12.4. The number of rotatable bonds is 5. The molecule has 1 aromatic carbocycles. The predicted molar refractivity (Wildman–Crippen MR) is 119 cm³/mol. The molecule has 2 heterocycles. The first-order valence-electron chi connectivity index (χ1n) is 8.68. The van der Waals surface area contributed by atoms with E-state index in [0.29, 0.717) is 21.5 Å².